The first kappa shape index (κ1) is 9.92. The Bertz CT molecular complexity index is 162. The average Bonchev–Trinajstić information content (AvgIpc) is 2.03. The molecule has 0 radical (unpaired) electrons. The van der Waals surface area contributed by atoms with Gasteiger partial charge in [0, 0.05) is 13.2 Å². The van der Waals surface area contributed by atoms with Gasteiger partial charge in [0.1, 0.15) is 5.92 Å². The third-order valence-electron chi connectivity index (χ3n) is 1.22. The van der Waals surface area contributed by atoms with E-state index >= 15 is 0 Å². The van der Waals surface area contributed by atoms with Gasteiger partial charge in [0.15, 0.2) is 0 Å². The zero-order valence-corrected chi connectivity index (χ0v) is 6.50. The summed E-state index contributed by atoms with van der Waals surface area (Å²) in [5, 5.41) is 19.2. The molecular weight excluding hydrogens is 144 g/mol. The normalized spacial score (nSPS) is 11.7. The maximum atomic E-state index is 10.8. The number of hydrogen-bond donors (Lipinski definition) is 2. The molecule has 4 heteroatoms. The van der Waals surface area contributed by atoms with Gasteiger partial charge in [0.05, 0.1) is 6.07 Å². The Balaban J connectivity index is 3.46. The van der Waals surface area contributed by atoms with Crippen molar-refractivity contribution < 1.29 is 9.90 Å². The Morgan fingerprint density at radius 2 is 2.45 bits per heavy atom. The molecule has 0 bridgehead atoms. The van der Waals surface area contributed by atoms with Gasteiger partial charge < -0.3 is 10.4 Å². The number of carbonyl (C=O) groups is 1. The first-order valence-corrected chi connectivity index (χ1v) is 3.50. The molecule has 1 amide bonds. The molecule has 4 nitrogen and oxygen atoms in total. The summed E-state index contributed by atoms with van der Waals surface area (Å²) in [7, 11) is 0. The molecule has 1 unspecified atom stereocenters. The average molecular weight is 156 g/mol. The minimum absolute atomic E-state index is 0.0568. The monoisotopic (exact) mass is 156 g/mol. The van der Waals surface area contributed by atoms with Crippen LogP contribution in [0.4, 0.5) is 0 Å². The van der Waals surface area contributed by atoms with E-state index in [9.17, 15) is 4.79 Å². The molecular formula is C7H12N2O2. The van der Waals surface area contributed by atoms with Gasteiger partial charge in [-0.15, -0.1) is 0 Å². The highest BCUT2D eigenvalue weighted by Crippen LogP contribution is 1.90. The molecule has 0 heterocycles. The predicted molar refractivity (Wildman–Crippen MR) is 39.5 cm³/mol. The molecule has 0 aliphatic rings. The second-order valence-electron chi connectivity index (χ2n) is 2.22. The number of nitrogens with one attached hydrogen (secondary N) is 1. The maximum absolute atomic E-state index is 10.8. The van der Waals surface area contributed by atoms with E-state index in [1.165, 1.54) is 6.92 Å². The van der Waals surface area contributed by atoms with Crippen molar-refractivity contribution in [3.8, 4) is 6.07 Å². The lowest BCUT2D eigenvalue weighted by Crippen LogP contribution is -2.29. The summed E-state index contributed by atoms with van der Waals surface area (Å²) in [6, 6.07) is 1.82. The predicted octanol–water partition coefficient (Wildman–Crippen LogP) is -0.355. The van der Waals surface area contributed by atoms with Crippen LogP contribution in [0.5, 0.6) is 0 Å². The lowest BCUT2D eigenvalue weighted by molar-refractivity contribution is -0.122. The maximum Gasteiger partial charge on any atom is 0.237 e. The topological polar surface area (TPSA) is 73.1 Å². The van der Waals surface area contributed by atoms with Crippen LogP contribution in [0.3, 0.4) is 0 Å². The number of nitriles is 1. The van der Waals surface area contributed by atoms with Crippen LogP contribution in [0.15, 0.2) is 0 Å². The molecule has 0 rings (SSSR count). The first-order valence-electron chi connectivity index (χ1n) is 3.50. The Labute approximate surface area is 65.8 Å². The van der Waals surface area contributed by atoms with E-state index < -0.39 is 5.92 Å². The van der Waals surface area contributed by atoms with Gasteiger partial charge >= 0.3 is 0 Å². The van der Waals surface area contributed by atoms with Crippen molar-refractivity contribution in [2.75, 3.05) is 13.2 Å². The zero-order chi connectivity index (χ0) is 8.69. The van der Waals surface area contributed by atoms with Crippen LogP contribution in [0, 0.1) is 17.2 Å². The SMILES string of the molecule is CC(C#N)C(=O)NCCCO. The number of aliphatic hydroxyl groups excluding tert-OH is 1. The summed E-state index contributed by atoms with van der Waals surface area (Å²) < 4.78 is 0. The van der Waals surface area contributed by atoms with Crippen LogP contribution in [-0.4, -0.2) is 24.2 Å². The molecule has 2 N–H and O–H groups in total. The number of aliphatic hydroxyl groups is 1. The summed E-state index contributed by atoms with van der Waals surface area (Å²) in [5.41, 5.74) is 0. The van der Waals surface area contributed by atoms with E-state index in [2.05, 4.69) is 5.32 Å². The van der Waals surface area contributed by atoms with Gasteiger partial charge in [-0.3, -0.25) is 4.79 Å². The Morgan fingerprint density at radius 3 is 2.91 bits per heavy atom. The molecule has 0 saturated heterocycles. The van der Waals surface area contributed by atoms with E-state index in [0.29, 0.717) is 13.0 Å². The molecule has 1 atom stereocenters. The smallest absolute Gasteiger partial charge is 0.237 e. The lowest BCUT2D eigenvalue weighted by Gasteiger charge is -2.03. The van der Waals surface area contributed by atoms with Gasteiger partial charge in [-0.05, 0) is 13.3 Å². The van der Waals surface area contributed by atoms with Crippen LogP contribution in [0.1, 0.15) is 13.3 Å². The number of rotatable bonds is 4. The second kappa shape index (κ2) is 5.69. The van der Waals surface area contributed by atoms with Gasteiger partial charge in [0.2, 0.25) is 5.91 Å². The molecule has 0 fully saturated rings. The molecule has 0 saturated carbocycles. The second-order valence-corrected chi connectivity index (χ2v) is 2.22. The fourth-order valence-corrected chi connectivity index (χ4v) is 0.502. The third-order valence-corrected chi connectivity index (χ3v) is 1.22. The Hall–Kier alpha value is -1.08. The van der Waals surface area contributed by atoms with Gasteiger partial charge in [-0.1, -0.05) is 0 Å². The van der Waals surface area contributed by atoms with Crippen LogP contribution in [0.2, 0.25) is 0 Å². The molecule has 0 aromatic rings. The van der Waals surface area contributed by atoms with Crippen LogP contribution < -0.4 is 5.32 Å². The Kier molecular flexibility index (Phi) is 5.13. The lowest BCUT2D eigenvalue weighted by atomic mass is 10.2. The van der Waals surface area contributed by atoms with Crippen molar-refractivity contribution in [3.63, 3.8) is 0 Å². The largest absolute Gasteiger partial charge is 0.396 e. The molecule has 0 aromatic carbocycles. The molecule has 62 valence electrons. The fourth-order valence-electron chi connectivity index (χ4n) is 0.502. The molecule has 0 aliphatic heterocycles. The quantitative estimate of drug-likeness (QED) is 0.546. The highest BCUT2D eigenvalue weighted by Gasteiger charge is 2.09. The summed E-state index contributed by atoms with van der Waals surface area (Å²) in [5.74, 6) is -0.880. The molecule has 11 heavy (non-hydrogen) atoms. The first-order chi connectivity index (χ1) is 5.22. The van der Waals surface area contributed by atoms with Gasteiger partial charge in [-0.2, -0.15) is 5.26 Å². The highest BCUT2D eigenvalue weighted by atomic mass is 16.3. The molecule has 0 spiro atoms. The van der Waals surface area contributed by atoms with Gasteiger partial charge in [-0.25, -0.2) is 0 Å². The van der Waals surface area contributed by atoms with E-state index in [1.54, 1.807) is 0 Å². The van der Waals surface area contributed by atoms with Crippen molar-refractivity contribution in [3.05, 3.63) is 0 Å². The third kappa shape index (κ3) is 4.34. The fraction of sp³-hybridized carbons (Fsp3) is 0.714. The van der Waals surface area contributed by atoms with Crippen molar-refractivity contribution in [2.45, 2.75) is 13.3 Å². The van der Waals surface area contributed by atoms with E-state index in [0.717, 1.165) is 0 Å². The minimum atomic E-state index is -0.603. The van der Waals surface area contributed by atoms with Crippen molar-refractivity contribution >= 4 is 5.91 Å². The van der Waals surface area contributed by atoms with Crippen LogP contribution in [0.25, 0.3) is 0 Å². The van der Waals surface area contributed by atoms with Crippen LogP contribution in [-0.2, 0) is 4.79 Å². The molecule has 0 aliphatic carbocycles. The summed E-state index contributed by atoms with van der Waals surface area (Å²) >= 11 is 0. The standard InChI is InChI=1S/C7H12N2O2/c1-6(5-8)7(11)9-3-2-4-10/h6,10H,2-4H2,1H3,(H,9,11). The number of hydrogen-bond acceptors (Lipinski definition) is 3. The number of nitrogens with zero attached hydrogens (tertiary/aromatic N) is 1. The number of amides is 1. The zero-order valence-electron chi connectivity index (χ0n) is 6.50. The van der Waals surface area contributed by atoms with Gasteiger partial charge in [0.25, 0.3) is 0 Å². The van der Waals surface area contributed by atoms with Crippen molar-refractivity contribution in [1.82, 2.24) is 5.32 Å². The molecule has 0 aromatic heterocycles. The van der Waals surface area contributed by atoms with E-state index in [1.807, 2.05) is 6.07 Å². The minimum Gasteiger partial charge on any atom is -0.396 e. The highest BCUT2D eigenvalue weighted by molar-refractivity contribution is 5.80. The van der Waals surface area contributed by atoms with Crippen LogP contribution >= 0.6 is 0 Å². The summed E-state index contributed by atoms with van der Waals surface area (Å²) in [6.07, 6.45) is 0.532. The van der Waals surface area contributed by atoms with Crippen molar-refractivity contribution in [1.29, 1.82) is 5.26 Å². The van der Waals surface area contributed by atoms with Crippen molar-refractivity contribution in [2.24, 2.45) is 5.92 Å². The Morgan fingerprint density at radius 1 is 1.82 bits per heavy atom. The number of carbonyl (C=O) groups excluding carboxylic acids is 1. The van der Waals surface area contributed by atoms with E-state index in [4.69, 9.17) is 10.4 Å². The summed E-state index contributed by atoms with van der Waals surface area (Å²) in [6.45, 7) is 2.02. The summed E-state index contributed by atoms with van der Waals surface area (Å²) in [4.78, 5) is 10.8. The van der Waals surface area contributed by atoms with E-state index in [-0.39, 0.29) is 12.5 Å².